The molecule has 2 nitrogen and oxygen atoms in total. The van der Waals surface area contributed by atoms with Crippen LogP contribution in [0.25, 0.3) is 6.08 Å². The molecule has 0 aliphatic rings. The lowest BCUT2D eigenvalue weighted by molar-refractivity contribution is 0.421. The van der Waals surface area contributed by atoms with E-state index in [9.17, 15) is 0 Å². The molecule has 1 heterocycles. The van der Waals surface area contributed by atoms with Gasteiger partial charge in [-0.05, 0) is 32.1 Å². The molecule has 0 aliphatic carbocycles. The van der Waals surface area contributed by atoms with Gasteiger partial charge in [-0.1, -0.05) is 6.07 Å². The lowest BCUT2D eigenvalue weighted by Gasteiger charge is -2.14. The molecule has 0 aliphatic heterocycles. The van der Waals surface area contributed by atoms with Crippen molar-refractivity contribution in [1.82, 2.24) is 9.88 Å². The summed E-state index contributed by atoms with van der Waals surface area (Å²) < 4.78 is 0. The highest BCUT2D eigenvalue weighted by molar-refractivity contribution is 5.85. The zero-order valence-electron chi connectivity index (χ0n) is 9.09. The van der Waals surface area contributed by atoms with E-state index in [0.717, 1.165) is 18.8 Å². The first kappa shape index (κ1) is 16.7. The average molecular weight is 249 g/mol. The first-order valence-corrected chi connectivity index (χ1v) is 4.70. The van der Waals surface area contributed by atoms with Crippen molar-refractivity contribution in [3.05, 3.63) is 36.3 Å². The molecular formula is C11H18Cl2N2. The maximum Gasteiger partial charge on any atom is 0.0644 e. The summed E-state index contributed by atoms with van der Waals surface area (Å²) in [7, 11) is 0. The Bertz CT molecular complexity index is 259. The Morgan fingerprint density at radius 3 is 2.33 bits per heavy atom. The summed E-state index contributed by atoms with van der Waals surface area (Å²) in [4.78, 5) is 6.44. The Hall–Kier alpha value is -0.730. The summed E-state index contributed by atoms with van der Waals surface area (Å²) in [5.74, 6) is 0. The van der Waals surface area contributed by atoms with Crippen molar-refractivity contribution >= 4 is 30.9 Å². The van der Waals surface area contributed by atoms with Crippen molar-refractivity contribution in [3.63, 3.8) is 0 Å². The van der Waals surface area contributed by atoms with Crippen LogP contribution in [-0.2, 0) is 0 Å². The summed E-state index contributed by atoms with van der Waals surface area (Å²) in [6, 6.07) is 5.92. The van der Waals surface area contributed by atoms with Crippen LogP contribution in [0.3, 0.4) is 0 Å². The molecule has 1 aromatic heterocycles. The minimum atomic E-state index is 0. The van der Waals surface area contributed by atoms with Crippen LogP contribution in [0.2, 0.25) is 0 Å². The molecule has 0 aromatic carbocycles. The van der Waals surface area contributed by atoms with Gasteiger partial charge in [-0.3, -0.25) is 4.98 Å². The Morgan fingerprint density at radius 1 is 1.20 bits per heavy atom. The molecule has 0 atom stereocenters. The van der Waals surface area contributed by atoms with Crippen LogP contribution in [-0.4, -0.2) is 23.0 Å². The minimum Gasteiger partial charge on any atom is -0.378 e. The Kier molecular flexibility index (Phi) is 10.9. The number of pyridine rings is 1. The molecule has 0 fully saturated rings. The molecule has 4 heteroatoms. The molecule has 0 N–H and O–H groups in total. The molecular weight excluding hydrogens is 231 g/mol. The largest absolute Gasteiger partial charge is 0.378 e. The first-order valence-electron chi connectivity index (χ1n) is 4.70. The highest BCUT2D eigenvalue weighted by Crippen LogP contribution is 1.98. The third-order valence-corrected chi connectivity index (χ3v) is 1.96. The van der Waals surface area contributed by atoms with Gasteiger partial charge < -0.3 is 4.90 Å². The van der Waals surface area contributed by atoms with Gasteiger partial charge in [0.1, 0.15) is 0 Å². The summed E-state index contributed by atoms with van der Waals surface area (Å²) in [5.41, 5.74) is 1.01. The van der Waals surface area contributed by atoms with Crippen molar-refractivity contribution in [2.24, 2.45) is 0 Å². The lowest BCUT2D eigenvalue weighted by Crippen LogP contribution is -2.14. The van der Waals surface area contributed by atoms with E-state index in [1.165, 1.54) is 0 Å². The summed E-state index contributed by atoms with van der Waals surface area (Å²) in [5, 5.41) is 0. The van der Waals surface area contributed by atoms with Gasteiger partial charge >= 0.3 is 0 Å². The predicted octanol–water partition coefficient (Wildman–Crippen LogP) is 3.24. The van der Waals surface area contributed by atoms with Crippen LogP contribution in [0, 0.1) is 0 Å². The zero-order valence-corrected chi connectivity index (χ0v) is 10.7. The van der Waals surface area contributed by atoms with Gasteiger partial charge in [0.25, 0.3) is 0 Å². The molecule has 0 spiro atoms. The van der Waals surface area contributed by atoms with Crippen molar-refractivity contribution in [3.8, 4) is 0 Å². The first-order chi connectivity index (χ1) is 6.36. The number of hydrogen-bond acceptors (Lipinski definition) is 2. The fourth-order valence-electron chi connectivity index (χ4n) is 1.09. The second-order valence-corrected chi connectivity index (χ2v) is 2.79. The molecule has 0 amide bonds. The van der Waals surface area contributed by atoms with E-state index in [1.54, 1.807) is 0 Å². The number of halogens is 2. The molecule has 0 unspecified atom stereocenters. The molecule has 15 heavy (non-hydrogen) atoms. The quantitative estimate of drug-likeness (QED) is 0.814. The smallest absolute Gasteiger partial charge is 0.0644 e. The van der Waals surface area contributed by atoms with Crippen LogP contribution >= 0.6 is 24.8 Å². The highest BCUT2D eigenvalue weighted by atomic mass is 35.5. The Labute approximate surface area is 104 Å². The normalized spacial score (nSPS) is 9.20. The summed E-state index contributed by atoms with van der Waals surface area (Å²) in [6.07, 6.45) is 5.93. The zero-order chi connectivity index (χ0) is 9.52. The van der Waals surface area contributed by atoms with E-state index < -0.39 is 0 Å². The molecule has 0 bridgehead atoms. The third-order valence-electron chi connectivity index (χ3n) is 1.96. The molecule has 86 valence electrons. The van der Waals surface area contributed by atoms with Gasteiger partial charge in [0.2, 0.25) is 0 Å². The second kappa shape index (κ2) is 9.81. The topological polar surface area (TPSA) is 16.1 Å². The van der Waals surface area contributed by atoms with Crippen molar-refractivity contribution in [1.29, 1.82) is 0 Å². The van der Waals surface area contributed by atoms with Crippen LogP contribution in [0.4, 0.5) is 0 Å². The molecule has 1 aromatic rings. The van der Waals surface area contributed by atoms with Crippen molar-refractivity contribution in [2.45, 2.75) is 13.8 Å². The van der Waals surface area contributed by atoms with Gasteiger partial charge in [-0.15, -0.1) is 24.8 Å². The number of rotatable bonds is 4. The van der Waals surface area contributed by atoms with E-state index in [1.807, 2.05) is 30.5 Å². The van der Waals surface area contributed by atoms with Crippen LogP contribution in [0.15, 0.2) is 30.6 Å². The predicted molar refractivity (Wildman–Crippen MR) is 70.7 cm³/mol. The fourth-order valence-corrected chi connectivity index (χ4v) is 1.09. The average Bonchev–Trinajstić information content (AvgIpc) is 2.21. The number of hydrogen-bond donors (Lipinski definition) is 0. The summed E-state index contributed by atoms with van der Waals surface area (Å²) in [6.45, 7) is 6.37. The molecule has 0 saturated heterocycles. The molecule has 0 radical (unpaired) electrons. The van der Waals surface area contributed by atoms with Crippen LogP contribution in [0.1, 0.15) is 19.5 Å². The molecule has 0 saturated carbocycles. The van der Waals surface area contributed by atoms with Gasteiger partial charge in [0.15, 0.2) is 0 Å². The van der Waals surface area contributed by atoms with Crippen molar-refractivity contribution < 1.29 is 0 Å². The van der Waals surface area contributed by atoms with Crippen LogP contribution in [0.5, 0.6) is 0 Å². The van der Waals surface area contributed by atoms with E-state index in [4.69, 9.17) is 0 Å². The Balaban J connectivity index is 0. The van der Waals surface area contributed by atoms with Gasteiger partial charge in [0.05, 0.1) is 5.69 Å². The standard InChI is InChI=1S/C11H16N2.2ClH/c1-3-13(4-2)10-8-11-7-5-6-9-12-11;;/h5-10H,3-4H2,1-2H3;2*1H/b10-8+;;. The lowest BCUT2D eigenvalue weighted by atomic mass is 10.3. The van der Waals surface area contributed by atoms with Crippen molar-refractivity contribution in [2.75, 3.05) is 13.1 Å². The highest BCUT2D eigenvalue weighted by Gasteiger charge is 1.89. The van der Waals surface area contributed by atoms with Gasteiger partial charge in [-0.25, -0.2) is 0 Å². The van der Waals surface area contributed by atoms with Gasteiger partial charge in [0, 0.05) is 25.5 Å². The Morgan fingerprint density at radius 2 is 1.87 bits per heavy atom. The monoisotopic (exact) mass is 248 g/mol. The minimum absolute atomic E-state index is 0. The summed E-state index contributed by atoms with van der Waals surface area (Å²) >= 11 is 0. The third kappa shape index (κ3) is 6.37. The maximum absolute atomic E-state index is 4.21. The van der Waals surface area contributed by atoms with Gasteiger partial charge in [-0.2, -0.15) is 0 Å². The number of nitrogens with zero attached hydrogens (tertiary/aromatic N) is 2. The maximum atomic E-state index is 4.21. The van der Waals surface area contributed by atoms with E-state index in [-0.39, 0.29) is 24.8 Å². The van der Waals surface area contributed by atoms with E-state index in [0.29, 0.717) is 0 Å². The SMILES string of the molecule is CCN(/C=C/c1ccccn1)CC.Cl.Cl. The van der Waals surface area contributed by atoms with E-state index in [2.05, 4.69) is 29.9 Å². The van der Waals surface area contributed by atoms with E-state index >= 15 is 0 Å². The molecule has 1 rings (SSSR count). The number of aromatic nitrogens is 1. The fraction of sp³-hybridized carbons (Fsp3) is 0.364. The van der Waals surface area contributed by atoms with Crippen LogP contribution < -0.4 is 0 Å². The second-order valence-electron chi connectivity index (χ2n) is 2.79.